The van der Waals surface area contributed by atoms with Gasteiger partial charge in [0.05, 0.1) is 13.2 Å². The maximum absolute atomic E-state index is 13.6. The fourth-order valence-corrected chi connectivity index (χ4v) is 6.48. The molecule has 0 radical (unpaired) electrons. The van der Waals surface area contributed by atoms with Crippen molar-refractivity contribution < 1.29 is 19.4 Å². The minimum absolute atomic E-state index is 0.0898. The molecule has 1 aliphatic carbocycles. The molecule has 1 saturated heterocycles. The molecule has 1 spiro atoms. The van der Waals surface area contributed by atoms with Crippen LogP contribution >= 0.6 is 11.6 Å². The lowest BCUT2D eigenvalue weighted by molar-refractivity contribution is -0.251. The van der Waals surface area contributed by atoms with E-state index in [9.17, 15) is 9.90 Å². The molecule has 1 amide bonds. The van der Waals surface area contributed by atoms with Crippen molar-refractivity contribution >= 4 is 17.5 Å². The summed E-state index contributed by atoms with van der Waals surface area (Å²) in [4.78, 5) is 15.4. The van der Waals surface area contributed by atoms with Crippen LogP contribution in [0.25, 0.3) is 11.1 Å². The topological polar surface area (TPSA) is 85.0 Å². The van der Waals surface area contributed by atoms with Gasteiger partial charge < -0.3 is 25.2 Å². The Bertz CT molecular complexity index is 1360. The molecule has 3 aromatic rings. The van der Waals surface area contributed by atoms with Gasteiger partial charge in [0.15, 0.2) is 0 Å². The lowest BCUT2D eigenvalue weighted by atomic mass is 9.56. The van der Waals surface area contributed by atoms with Crippen LogP contribution in [-0.2, 0) is 33.6 Å². The number of ether oxygens (including phenoxy) is 2. The van der Waals surface area contributed by atoms with Crippen LogP contribution in [0.15, 0.2) is 60.7 Å². The Hall–Kier alpha value is -2.74. The monoisotopic (exact) mass is 548 g/mol. The number of rotatable bonds is 9. The highest BCUT2D eigenvalue weighted by Crippen LogP contribution is 2.62. The number of amides is 1. The van der Waals surface area contributed by atoms with Crippen LogP contribution in [0, 0.1) is 0 Å². The number of hydrogen-bond acceptors (Lipinski definition) is 5. The SMILES string of the molecule is CCc1cccc(-c2c(Cl)ccc3c2[C@](O)(CCCCOC)[C@]32CN(C(=O)c3cccc(CN)c3)CCO2)c1. The lowest BCUT2D eigenvalue weighted by Crippen LogP contribution is -2.68. The molecule has 6 nitrogen and oxygen atoms in total. The average Bonchev–Trinajstić information content (AvgIpc) is 2.98. The van der Waals surface area contributed by atoms with E-state index in [4.69, 9.17) is 26.8 Å². The van der Waals surface area contributed by atoms with Crippen molar-refractivity contribution in [3.63, 3.8) is 0 Å². The Morgan fingerprint density at radius 3 is 2.69 bits per heavy atom. The van der Waals surface area contributed by atoms with Gasteiger partial charge in [-0.2, -0.15) is 0 Å². The summed E-state index contributed by atoms with van der Waals surface area (Å²) in [7, 11) is 1.68. The number of hydrogen-bond donors (Lipinski definition) is 2. The summed E-state index contributed by atoms with van der Waals surface area (Å²) < 4.78 is 11.8. The minimum atomic E-state index is -1.32. The number of nitrogens with zero attached hydrogens (tertiary/aromatic N) is 1. The van der Waals surface area contributed by atoms with Crippen molar-refractivity contribution in [3.8, 4) is 11.1 Å². The molecule has 1 fully saturated rings. The maximum Gasteiger partial charge on any atom is 0.254 e. The van der Waals surface area contributed by atoms with Gasteiger partial charge in [0.2, 0.25) is 0 Å². The number of nitrogens with two attached hydrogens (primary N) is 1. The second-order valence-electron chi connectivity index (χ2n) is 10.5. The number of halogens is 1. The number of benzene rings is 3. The van der Waals surface area contributed by atoms with E-state index in [0.29, 0.717) is 43.3 Å². The van der Waals surface area contributed by atoms with Gasteiger partial charge in [-0.3, -0.25) is 4.79 Å². The number of carbonyl (C=O) groups excluding carboxylic acids is 1. The molecule has 7 heteroatoms. The first-order valence-corrected chi connectivity index (χ1v) is 14.1. The Balaban J connectivity index is 1.58. The van der Waals surface area contributed by atoms with Crippen molar-refractivity contribution in [2.24, 2.45) is 5.73 Å². The van der Waals surface area contributed by atoms with Crippen LogP contribution < -0.4 is 5.73 Å². The van der Waals surface area contributed by atoms with Crippen LogP contribution in [0.3, 0.4) is 0 Å². The molecule has 0 unspecified atom stereocenters. The van der Waals surface area contributed by atoms with Crippen LogP contribution in [0.1, 0.15) is 58.8 Å². The zero-order valence-corrected chi connectivity index (χ0v) is 23.5. The standard InChI is InChI=1S/C32H37ClN2O4/c1-3-22-8-6-10-24(18-22)28-27(33)13-12-26-29(28)31(37,14-4-5-16-38-2)32(26)21-35(15-17-39-32)30(36)25-11-7-9-23(19-25)20-34/h6-13,18-19,37H,3-5,14-17,20-21,34H2,1-2H3/t31-,32+/m1/s1. The third-order valence-electron chi connectivity index (χ3n) is 8.25. The minimum Gasteiger partial charge on any atom is -0.385 e. The van der Waals surface area contributed by atoms with E-state index in [0.717, 1.165) is 47.1 Å². The Labute approximate surface area is 235 Å². The summed E-state index contributed by atoms with van der Waals surface area (Å²) in [6.45, 7) is 4.12. The Morgan fingerprint density at radius 2 is 1.92 bits per heavy atom. The highest BCUT2D eigenvalue weighted by Gasteiger charge is 2.66. The summed E-state index contributed by atoms with van der Waals surface area (Å²) >= 11 is 6.84. The summed E-state index contributed by atoms with van der Waals surface area (Å²) in [5, 5.41) is 13.2. The number of morpholine rings is 1. The normalized spacial score (nSPS) is 22.0. The van der Waals surface area contributed by atoms with Crippen LogP contribution in [0.5, 0.6) is 0 Å². The highest BCUT2D eigenvalue weighted by atomic mass is 35.5. The van der Waals surface area contributed by atoms with Gasteiger partial charge in [-0.15, -0.1) is 0 Å². The predicted octanol–water partition coefficient (Wildman–Crippen LogP) is 5.41. The van der Waals surface area contributed by atoms with Gasteiger partial charge in [-0.1, -0.05) is 61.0 Å². The zero-order chi connectivity index (χ0) is 27.6. The maximum atomic E-state index is 13.6. The molecule has 206 valence electrons. The van der Waals surface area contributed by atoms with Gasteiger partial charge in [-0.25, -0.2) is 0 Å². The molecule has 2 aliphatic rings. The van der Waals surface area contributed by atoms with Crippen LogP contribution in [0.2, 0.25) is 5.02 Å². The van der Waals surface area contributed by atoms with E-state index in [1.165, 1.54) is 5.56 Å². The number of unbranched alkanes of at least 4 members (excludes halogenated alkanes) is 1. The number of aliphatic hydroxyl groups is 1. The van der Waals surface area contributed by atoms with Gasteiger partial charge in [0.25, 0.3) is 5.91 Å². The van der Waals surface area contributed by atoms with Gasteiger partial charge >= 0.3 is 0 Å². The molecule has 39 heavy (non-hydrogen) atoms. The molecular weight excluding hydrogens is 512 g/mol. The molecule has 1 heterocycles. The molecule has 0 aromatic heterocycles. The fraction of sp³-hybridized carbons (Fsp3) is 0.406. The summed E-state index contributed by atoms with van der Waals surface area (Å²) in [5.41, 5.74) is 9.66. The lowest BCUT2D eigenvalue weighted by Gasteiger charge is -2.60. The molecule has 5 rings (SSSR count). The summed E-state index contributed by atoms with van der Waals surface area (Å²) in [6.07, 6.45) is 2.91. The molecule has 3 N–H and O–H groups in total. The van der Waals surface area contributed by atoms with Crippen LogP contribution in [0.4, 0.5) is 0 Å². The van der Waals surface area contributed by atoms with Crippen molar-refractivity contribution in [1.29, 1.82) is 0 Å². The average molecular weight is 549 g/mol. The third kappa shape index (κ3) is 4.79. The second-order valence-corrected chi connectivity index (χ2v) is 10.9. The van der Waals surface area contributed by atoms with E-state index in [1.807, 2.05) is 48.5 Å². The quantitative estimate of drug-likeness (QED) is 0.349. The summed E-state index contributed by atoms with van der Waals surface area (Å²) in [6, 6.07) is 19.6. The number of methoxy groups -OCH3 is 1. The molecule has 3 aromatic carbocycles. The van der Waals surface area contributed by atoms with Crippen molar-refractivity contribution in [3.05, 3.63) is 93.5 Å². The van der Waals surface area contributed by atoms with Crippen LogP contribution in [-0.4, -0.2) is 49.3 Å². The molecule has 2 atom stereocenters. The fourth-order valence-electron chi connectivity index (χ4n) is 6.21. The molecule has 1 aliphatic heterocycles. The number of aryl methyl sites for hydroxylation is 1. The van der Waals surface area contributed by atoms with Gasteiger partial charge in [0.1, 0.15) is 11.2 Å². The first kappa shape index (κ1) is 27.8. The van der Waals surface area contributed by atoms with Gasteiger partial charge in [0, 0.05) is 48.5 Å². The largest absolute Gasteiger partial charge is 0.385 e. The first-order chi connectivity index (χ1) is 18.9. The van der Waals surface area contributed by atoms with E-state index in [-0.39, 0.29) is 12.5 Å². The molecular formula is C32H37ClN2O4. The van der Waals surface area contributed by atoms with E-state index < -0.39 is 11.2 Å². The van der Waals surface area contributed by atoms with Crippen molar-refractivity contribution in [2.45, 2.75) is 50.4 Å². The van der Waals surface area contributed by atoms with Crippen molar-refractivity contribution in [1.82, 2.24) is 4.90 Å². The Kier molecular flexibility index (Phi) is 8.13. The molecule has 0 bridgehead atoms. The smallest absolute Gasteiger partial charge is 0.254 e. The Morgan fingerprint density at radius 1 is 1.13 bits per heavy atom. The van der Waals surface area contributed by atoms with E-state index in [2.05, 4.69) is 19.1 Å². The van der Waals surface area contributed by atoms with Crippen molar-refractivity contribution in [2.75, 3.05) is 33.4 Å². The zero-order valence-electron chi connectivity index (χ0n) is 22.7. The predicted molar refractivity (Wildman–Crippen MR) is 154 cm³/mol. The highest BCUT2D eigenvalue weighted by molar-refractivity contribution is 6.33. The first-order valence-electron chi connectivity index (χ1n) is 13.7. The second kappa shape index (κ2) is 11.4. The van der Waals surface area contributed by atoms with Gasteiger partial charge in [-0.05, 0) is 66.1 Å². The summed E-state index contributed by atoms with van der Waals surface area (Å²) in [5.74, 6) is -0.0898. The molecule has 0 saturated carbocycles. The third-order valence-corrected chi connectivity index (χ3v) is 8.57. The number of carbonyl (C=O) groups is 1. The number of fused-ring (bicyclic) bond motifs is 2. The van der Waals surface area contributed by atoms with E-state index in [1.54, 1.807) is 12.0 Å². The van der Waals surface area contributed by atoms with E-state index >= 15 is 0 Å².